The van der Waals surface area contributed by atoms with Gasteiger partial charge in [-0.3, -0.25) is 19.4 Å². The van der Waals surface area contributed by atoms with Crippen LogP contribution in [0.4, 0.5) is 34.1 Å². The Kier molecular flexibility index (Phi) is 15.9. The molecule has 19 heteroatoms. The van der Waals surface area contributed by atoms with Gasteiger partial charge in [0, 0.05) is 96.2 Å². The molecule has 4 amide bonds. The molecule has 0 saturated carbocycles. The number of alkyl halides is 3. The zero-order valence-electron chi connectivity index (χ0n) is 35.8. The molecule has 0 radical (unpaired) electrons. The first kappa shape index (κ1) is 46.6. The van der Waals surface area contributed by atoms with Crippen LogP contribution in [-0.4, -0.2) is 176 Å². The lowest BCUT2D eigenvalue weighted by Gasteiger charge is -2.43. The molecular formula is C44H60ClF3N8O7. The number of nitrogens with two attached hydrogens (primary N) is 1. The lowest BCUT2D eigenvalue weighted by Crippen LogP contribution is -2.56. The number of ether oxygens (including phenoxy) is 3. The van der Waals surface area contributed by atoms with E-state index in [0.29, 0.717) is 77.6 Å². The summed E-state index contributed by atoms with van der Waals surface area (Å²) in [5.74, 6) is -0.678. The molecule has 5 aliphatic rings. The maximum atomic E-state index is 14.2. The Hall–Kier alpha value is -4.36. The largest absolute Gasteiger partial charge is 0.466 e. The van der Waals surface area contributed by atoms with Crippen molar-refractivity contribution in [2.45, 2.75) is 75.7 Å². The van der Waals surface area contributed by atoms with E-state index in [4.69, 9.17) is 31.5 Å². The van der Waals surface area contributed by atoms with E-state index in [1.165, 1.54) is 11.0 Å². The van der Waals surface area contributed by atoms with Crippen molar-refractivity contribution in [2.24, 2.45) is 0 Å². The fraction of sp³-hybridized carbons (Fsp3) is 0.636. The SMILES string of the molecule is Nc1c(Cl)cc(C[C@@H](OC(=O)N2CCC(N3CCc4ccccc4NC3=O)CC2)C(=O)N2CCN(C3CCN(CCC(=O)OCCCN4CCOCC4)CC3)CC2)cc1C(F)(F)F. The molecule has 63 heavy (non-hydrogen) atoms. The molecule has 1 atom stereocenters. The van der Waals surface area contributed by atoms with Crippen molar-refractivity contribution >= 4 is 47.0 Å². The molecule has 4 fully saturated rings. The molecule has 0 bridgehead atoms. The molecule has 2 aromatic carbocycles. The van der Waals surface area contributed by atoms with E-state index < -0.39 is 35.5 Å². The highest BCUT2D eigenvalue weighted by atomic mass is 35.5. The molecule has 0 spiro atoms. The molecule has 15 nitrogen and oxygen atoms in total. The third kappa shape index (κ3) is 12.5. The fourth-order valence-corrected chi connectivity index (χ4v) is 9.60. The Morgan fingerprint density at radius 1 is 0.857 bits per heavy atom. The molecule has 0 unspecified atom stereocenters. The van der Waals surface area contributed by atoms with Crippen molar-refractivity contribution in [3.8, 4) is 0 Å². The Labute approximate surface area is 371 Å². The number of urea groups is 1. The van der Waals surface area contributed by atoms with Gasteiger partial charge in [0.05, 0.1) is 42.5 Å². The maximum absolute atomic E-state index is 14.2. The number of esters is 1. The highest BCUT2D eigenvalue weighted by molar-refractivity contribution is 6.33. The smallest absolute Gasteiger partial charge is 0.418 e. The zero-order valence-corrected chi connectivity index (χ0v) is 36.6. The average molecular weight is 905 g/mol. The molecule has 0 aromatic heterocycles. The predicted octanol–water partition coefficient (Wildman–Crippen LogP) is 4.81. The first-order chi connectivity index (χ1) is 30.3. The van der Waals surface area contributed by atoms with Crippen LogP contribution in [0.5, 0.6) is 0 Å². The summed E-state index contributed by atoms with van der Waals surface area (Å²) in [7, 11) is 0. The first-order valence-corrected chi connectivity index (χ1v) is 22.7. The number of piperidine rings is 2. The molecule has 346 valence electrons. The molecule has 0 aliphatic carbocycles. The standard InChI is InChI=1S/C44H60ClF3N8O7/c45-36-29-31(28-35(40(36)49)44(46,47)48)30-38(63-43(60)55-16-9-34(10-17-55)56-18-6-32-4-1-2-5-37(32)50-42(56)59)41(58)54-21-19-53(20-22-54)33-7-13-52(14-8-33)15-11-39(57)62-25-3-12-51-23-26-61-27-24-51/h1-2,4-5,28-29,33-34,38H,3,6-27,30,49H2,(H,50,59)/t38-/m1/s1. The minimum atomic E-state index is -4.79. The number of anilines is 2. The average Bonchev–Trinajstić information content (AvgIpc) is 3.46. The summed E-state index contributed by atoms with van der Waals surface area (Å²) in [4.78, 5) is 65.4. The number of para-hydroxylation sites is 1. The number of benzene rings is 2. The normalized spacial score (nSPS) is 20.8. The van der Waals surface area contributed by atoms with Gasteiger partial charge in [0.1, 0.15) is 0 Å². The van der Waals surface area contributed by atoms with Crippen LogP contribution in [0.25, 0.3) is 0 Å². The number of likely N-dealkylation sites (tertiary alicyclic amines) is 2. The number of morpholine rings is 1. The van der Waals surface area contributed by atoms with Crippen LogP contribution in [0.1, 0.15) is 55.2 Å². The van der Waals surface area contributed by atoms with Crippen molar-refractivity contribution in [1.82, 2.24) is 29.4 Å². The van der Waals surface area contributed by atoms with Crippen LogP contribution in [-0.2, 0) is 42.8 Å². The Bertz CT molecular complexity index is 1900. The summed E-state index contributed by atoms with van der Waals surface area (Å²) in [6.07, 6.45) is -2.65. The number of nitrogens with one attached hydrogen (secondary N) is 1. The monoisotopic (exact) mass is 904 g/mol. The van der Waals surface area contributed by atoms with Crippen LogP contribution in [0.3, 0.4) is 0 Å². The zero-order chi connectivity index (χ0) is 44.5. The number of hydrogen-bond donors (Lipinski definition) is 2. The Morgan fingerprint density at radius 2 is 1.54 bits per heavy atom. The molecule has 2 aromatic rings. The second-order valence-electron chi connectivity index (χ2n) is 17.1. The van der Waals surface area contributed by atoms with Crippen molar-refractivity contribution in [1.29, 1.82) is 0 Å². The third-order valence-corrected chi connectivity index (χ3v) is 13.4. The number of hydrogen-bond acceptors (Lipinski definition) is 11. The van der Waals surface area contributed by atoms with Crippen molar-refractivity contribution in [3.63, 3.8) is 0 Å². The molecule has 7 rings (SSSR count). The summed E-state index contributed by atoms with van der Waals surface area (Å²) in [6, 6.07) is 9.79. The number of amides is 4. The number of carbonyl (C=O) groups is 4. The van der Waals surface area contributed by atoms with Crippen molar-refractivity contribution in [3.05, 3.63) is 58.1 Å². The highest BCUT2D eigenvalue weighted by Gasteiger charge is 2.38. The van der Waals surface area contributed by atoms with Gasteiger partial charge in [0.25, 0.3) is 5.91 Å². The quantitative estimate of drug-likeness (QED) is 0.162. The number of halogens is 4. The van der Waals surface area contributed by atoms with Crippen LogP contribution in [0, 0.1) is 0 Å². The Morgan fingerprint density at radius 3 is 2.25 bits per heavy atom. The summed E-state index contributed by atoms with van der Waals surface area (Å²) >= 11 is 6.16. The number of fused-ring (bicyclic) bond motifs is 1. The van der Waals surface area contributed by atoms with Gasteiger partial charge in [0.2, 0.25) is 0 Å². The van der Waals surface area contributed by atoms with E-state index in [1.807, 2.05) is 24.3 Å². The number of piperazine rings is 1. The fourth-order valence-electron chi connectivity index (χ4n) is 9.35. The minimum absolute atomic E-state index is 0.0574. The minimum Gasteiger partial charge on any atom is -0.466 e. The number of rotatable bonds is 13. The van der Waals surface area contributed by atoms with Crippen LogP contribution in [0.2, 0.25) is 5.02 Å². The summed E-state index contributed by atoms with van der Waals surface area (Å²) in [5, 5.41) is 2.68. The Balaban J connectivity index is 0.899. The van der Waals surface area contributed by atoms with E-state index in [9.17, 15) is 32.3 Å². The predicted molar refractivity (Wildman–Crippen MR) is 230 cm³/mol. The van der Waals surface area contributed by atoms with E-state index in [0.717, 1.165) is 82.5 Å². The topological polar surface area (TPSA) is 153 Å². The second kappa shape index (κ2) is 21.5. The van der Waals surface area contributed by atoms with E-state index >= 15 is 0 Å². The lowest BCUT2D eigenvalue weighted by atomic mass is 10.0. The molecule has 4 saturated heterocycles. The number of carbonyl (C=O) groups excluding carboxylic acids is 4. The molecule has 5 aliphatic heterocycles. The van der Waals surface area contributed by atoms with Gasteiger partial charge in [-0.2, -0.15) is 13.2 Å². The lowest BCUT2D eigenvalue weighted by molar-refractivity contribution is -0.145. The van der Waals surface area contributed by atoms with Gasteiger partial charge in [-0.15, -0.1) is 0 Å². The second-order valence-corrected chi connectivity index (χ2v) is 17.5. The number of nitrogen functional groups attached to an aromatic ring is 1. The maximum Gasteiger partial charge on any atom is 0.418 e. The van der Waals surface area contributed by atoms with Gasteiger partial charge in [0.15, 0.2) is 6.10 Å². The highest BCUT2D eigenvalue weighted by Crippen LogP contribution is 2.38. The molecule has 3 N–H and O–H groups in total. The van der Waals surface area contributed by atoms with Gasteiger partial charge < -0.3 is 44.9 Å². The van der Waals surface area contributed by atoms with Gasteiger partial charge in [-0.05, 0) is 80.9 Å². The number of nitrogens with zero attached hydrogens (tertiary/aromatic N) is 6. The van der Waals surface area contributed by atoms with E-state index in [1.54, 1.807) is 9.80 Å². The van der Waals surface area contributed by atoms with Gasteiger partial charge in [-0.1, -0.05) is 29.8 Å². The van der Waals surface area contributed by atoms with Gasteiger partial charge >= 0.3 is 24.3 Å². The van der Waals surface area contributed by atoms with Gasteiger partial charge in [-0.25, -0.2) is 9.59 Å². The van der Waals surface area contributed by atoms with Crippen molar-refractivity contribution < 1.29 is 46.6 Å². The summed E-state index contributed by atoms with van der Waals surface area (Å²) < 4.78 is 58.6. The third-order valence-electron chi connectivity index (χ3n) is 13.1. The van der Waals surface area contributed by atoms with Crippen LogP contribution in [0.15, 0.2) is 36.4 Å². The van der Waals surface area contributed by atoms with Crippen LogP contribution < -0.4 is 11.1 Å². The van der Waals surface area contributed by atoms with Crippen molar-refractivity contribution in [2.75, 3.05) is 116 Å². The van der Waals surface area contributed by atoms with E-state index in [2.05, 4.69) is 20.0 Å². The van der Waals surface area contributed by atoms with Crippen LogP contribution >= 0.6 is 11.6 Å². The summed E-state index contributed by atoms with van der Waals surface area (Å²) in [5.41, 5.74) is 5.85. The first-order valence-electron chi connectivity index (χ1n) is 22.3. The summed E-state index contributed by atoms with van der Waals surface area (Å²) in [6.45, 7) is 9.90. The molecular weight excluding hydrogens is 845 g/mol. The molecule has 5 heterocycles. The van der Waals surface area contributed by atoms with E-state index in [-0.39, 0.29) is 48.1 Å².